The molecule has 0 spiro atoms. The maximum atomic E-state index is 12.6. The van der Waals surface area contributed by atoms with Crippen molar-refractivity contribution in [3.8, 4) is 0 Å². The van der Waals surface area contributed by atoms with Gasteiger partial charge in [0, 0.05) is 38.3 Å². The molecule has 4 rings (SSSR count). The summed E-state index contributed by atoms with van der Waals surface area (Å²) in [6, 6.07) is 16.7. The van der Waals surface area contributed by atoms with Crippen LogP contribution >= 0.6 is 0 Å². The van der Waals surface area contributed by atoms with Crippen LogP contribution in [0.1, 0.15) is 18.4 Å². The van der Waals surface area contributed by atoms with Gasteiger partial charge in [-0.25, -0.2) is 0 Å². The van der Waals surface area contributed by atoms with Crippen LogP contribution in [0.5, 0.6) is 0 Å². The quantitative estimate of drug-likeness (QED) is 0.760. The zero-order valence-corrected chi connectivity index (χ0v) is 17.5. The van der Waals surface area contributed by atoms with Gasteiger partial charge in [-0.15, -0.1) is 0 Å². The molecule has 1 N–H and O–H groups in total. The molecule has 2 heterocycles. The molecule has 0 saturated carbocycles. The number of aryl methyl sites for hydroxylation is 1. The van der Waals surface area contributed by atoms with E-state index in [9.17, 15) is 4.79 Å². The van der Waals surface area contributed by atoms with E-state index in [0.29, 0.717) is 19.6 Å². The number of rotatable bonds is 7. The SMILES string of the molecule is O=C(CCCc1ccccc1)Nc1ccc(N2CCOCC2)cc1N1CCOCC1. The molecule has 0 aromatic heterocycles. The number of carbonyl (C=O) groups is 1. The Labute approximate surface area is 178 Å². The monoisotopic (exact) mass is 409 g/mol. The topological polar surface area (TPSA) is 54.0 Å². The second-order valence-corrected chi connectivity index (χ2v) is 7.79. The molecule has 0 atom stereocenters. The number of anilines is 3. The van der Waals surface area contributed by atoms with Crippen LogP contribution in [-0.4, -0.2) is 58.5 Å². The summed E-state index contributed by atoms with van der Waals surface area (Å²) in [5.74, 6) is 0.0690. The Morgan fingerprint density at radius 2 is 1.53 bits per heavy atom. The van der Waals surface area contributed by atoms with Crippen LogP contribution in [0.2, 0.25) is 0 Å². The normalized spacial score (nSPS) is 17.1. The molecule has 6 heteroatoms. The summed E-state index contributed by atoms with van der Waals surface area (Å²) < 4.78 is 11.0. The lowest BCUT2D eigenvalue weighted by molar-refractivity contribution is -0.116. The molecule has 0 radical (unpaired) electrons. The minimum absolute atomic E-state index is 0.0690. The van der Waals surface area contributed by atoms with E-state index in [1.165, 1.54) is 11.3 Å². The average Bonchev–Trinajstić information content (AvgIpc) is 2.81. The first-order valence-electron chi connectivity index (χ1n) is 10.9. The molecule has 2 saturated heterocycles. The minimum atomic E-state index is 0.0690. The van der Waals surface area contributed by atoms with Gasteiger partial charge in [0.2, 0.25) is 5.91 Å². The van der Waals surface area contributed by atoms with E-state index >= 15 is 0 Å². The fraction of sp³-hybridized carbons (Fsp3) is 0.458. The van der Waals surface area contributed by atoms with Crippen molar-refractivity contribution < 1.29 is 14.3 Å². The van der Waals surface area contributed by atoms with E-state index < -0.39 is 0 Å². The first-order valence-corrected chi connectivity index (χ1v) is 10.9. The summed E-state index contributed by atoms with van der Waals surface area (Å²) in [6.07, 6.45) is 2.28. The summed E-state index contributed by atoms with van der Waals surface area (Å²) in [5.41, 5.74) is 4.42. The highest BCUT2D eigenvalue weighted by Gasteiger charge is 2.19. The summed E-state index contributed by atoms with van der Waals surface area (Å²) in [6.45, 7) is 6.41. The number of carbonyl (C=O) groups excluding carboxylic acids is 1. The molecule has 160 valence electrons. The van der Waals surface area contributed by atoms with Crippen molar-refractivity contribution in [1.82, 2.24) is 0 Å². The fourth-order valence-electron chi connectivity index (χ4n) is 4.02. The molecule has 6 nitrogen and oxygen atoms in total. The average molecular weight is 410 g/mol. The molecule has 2 aliphatic rings. The third-order valence-corrected chi connectivity index (χ3v) is 5.70. The maximum absolute atomic E-state index is 12.6. The highest BCUT2D eigenvalue weighted by atomic mass is 16.5. The van der Waals surface area contributed by atoms with Gasteiger partial charge in [0.25, 0.3) is 0 Å². The standard InChI is InChI=1S/C24H31N3O3/c28-24(8-4-7-20-5-2-1-3-6-20)25-22-10-9-21(26-11-15-29-16-12-26)19-23(22)27-13-17-30-18-14-27/h1-3,5-6,9-10,19H,4,7-8,11-18H2,(H,25,28). The molecular formula is C24H31N3O3. The van der Waals surface area contributed by atoms with E-state index in [1.807, 2.05) is 24.3 Å². The minimum Gasteiger partial charge on any atom is -0.378 e. The highest BCUT2D eigenvalue weighted by molar-refractivity contribution is 5.95. The van der Waals surface area contributed by atoms with Gasteiger partial charge in [0.15, 0.2) is 0 Å². The Kier molecular flexibility index (Phi) is 7.21. The number of nitrogens with one attached hydrogen (secondary N) is 1. The Hall–Kier alpha value is -2.57. The summed E-state index contributed by atoms with van der Waals surface area (Å²) >= 11 is 0. The van der Waals surface area contributed by atoms with Gasteiger partial charge in [0.05, 0.1) is 37.8 Å². The predicted octanol–water partition coefficient (Wildman–Crippen LogP) is 3.32. The Morgan fingerprint density at radius 1 is 0.867 bits per heavy atom. The van der Waals surface area contributed by atoms with Crippen LogP contribution in [-0.2, 0) is 20.7 Å². The molecular weight excluding hydrogens is 378 g/mol. The lowest BCUT2D eigenvalue weighted by Gasteiger charge is -2.33. The Balaban J connectivity index is 1.43. The van der Waals surface area contributed by atoms with Crippen molar-refractivity contribution in [2.45, 2.75) is 19.3 Å². The van der Waals surface area contributed by atoms with Crippen LogP contribution in [0.4, 0.5) is 17.1 Å². The lowest BCUT2D eigenvalue weighted by atomic mass is 10.1. The molecule has 0 aliphatic carbocycles. The van der Waals surface area contributed by atoms with E-state index in [4.69, 9.17) is 9.47 Å². The van der Waals surface area contributed by atoms with Crippen LogP contribution in [0.25, 0.3) is 0 Å². The Bertz CT molecular complexity index is 816. The van der Waals surface area contributed by atoms with Crippen LogP contribution in [0.3, 0.4) is 0 Å². The van der Waals surface area contributed by atoms with E-state index in [2.05, 4.69) is 39.4 Å². The van der Waals surface area contributed by atoms with Gasteiger partial charge in [-0.2, -0.15) is 0 Å². The number of hydrogen-bond acceptors (Lipinski definition) is 5. The van der Waals surface area contributed by atoms with E-state index in [-0.39, 0.29) is 5.91 Å². The maximum Gasteiger partial charge on any atom is 0.224 e. The van der Waals surface area contributed by atoms with Gasteiger partial charge in [0.1, 0.15) is 0 Å². The van der Waals surface area contributed by atoms with Gasteiger partial charge < -0.3 is 24.6 Å². The Morgan fingerprint density at radius 3 is 2.23 bits per heavy atom. The predicted molar refractivity (Wildman–Crippen MR) is 121 cm³/mol. The number of ether oxygens (including phenoxy) is 2. The van der Waals surface area contributed by atoms with E-state index in [1.54, 1.807) is 0 Å². The second-order valence-electron chi connectivity index (χ2n) is 7.79. The molecule has 1 amide bonds. The van der Waals surface area contributed by atoms with E-state index in [0.717, 1.165) is 63.6 Å². The van der Waals surface area contributed by atoms with Crippen molar-refractivity contribution >= 4 is 23.0 Å². The van der Waals surface area contributed by atoms with Gasteiger partial charge in [-0.05, 0) is 36.6 Å². The van der Waals surface area contributed by atoms with Crippen molar-refractivity contribution in [2.24, 2.45) is 0 Å². The smallest absolute Gasteiger partial charge is 0.224 e. The van der Waals surface area contributed by atoms with Gasteiger partial charge in [-0.1, -0.05) is 30.3 Å². The third-order valence-electron chi connectivity index (χ3n) is 5.70. The number of morpholine rings is 2. The molecule has 30 heavy (non-hydrogen) atoms. The lowest BCUT2D eigenvalue weighted by Crippen LogP contribution is -2.38. The summed E-state index contributed by atoms with van der Waals surface area (Å²) in [5, 5.41) is 3.16. The molecule has 2 aromatic carbocycles. The fourth-order valence-corrected chi connectivity index (χ4v) is 4.02. The van der Waals surface area contributed by atoms with Crippen molar-refractivity contribution in [3.05, 3.63) is 54.1 Å². The van der Waals surface area contributed by atoms with Crippen LogP contribution < -0.4 is 15.1 Å². The molecule has 2 aromatic rings. The van der Waals surface area contributed by atoms with Gasteiger partial charge >= 0.3 is 0 Å². The van der Waals surface area contributed by atoms with Gasteiger partial charge in [-0.3, -0.25) is 4.79 Å². The third kappa shape index (κ3) is 5.52. The highest BCUT2D eigenvalue weighted by Crippen LogP contribution is 2.32. The first-order chi connectivity index (χ1) is 14.8. The molecule has 2 fully saturated rings. The number of hydrogen-bond donors (Lipinski definition) is 1. The molecule has 0 bridgehead atoms. The summed E-state index contributed by atoms with van der Waals surface area (Å²) in [7, 11) is 0. The number of nitrogens with zero attached hydrogens (tertiary/aromatic N) is 2. The van der Waals surface area contributed by atoms with Crippen LogP contribution in [0.15, 0.2) is 48.5 Å². The van der Waals surface area contributed by atoms with Crippen molar-refractivity contribution in [2.75, 3.05) is 67.7 Å². The van der Waals surface area contributed by atoms with Crippen molar-refractivity contribution in [1.29, 1.82) is 0 Å². The van der Waals surface area contributed by atoms with Crippen molar-refractivity contribution in [3.63, 3.8) is 0 Å². The molecule has 2 aliphatic heterocycles. The second kappa shape index (κ2) is 10.5. The zero-order chi connectivity index (χ0) is 20.6. The zero-order valence-electron chi connectivity index (χ0n) is 17.5. The molecule has 0 unspecified atom stereocenters. The number of benzene rings is 2. The first kappa shape index (κ1) is 20.7. The van der Waals surface area contributed by atoms with Crippen LogP contribution in [0, 0.1) is 0 Å². The summed E-state index contributed by atoms with van der Waals surface area (Å²) in [4.78, 5) is 17.3. The largest absolute Gasteiger partial charge is 0.378 e. The number of amides is 1.